The third kappa shape index (κ3) is 5.12. The van der Waals surface area contributed by atoms with Gasteiger partial charge in [0.15, 0.2) is 0 Å². The summed E-state index contributed by atoms with van der Waals surface area (Å²) in [7, 11) is 0. The molecule has 0 aliphatic rings. The smallest absolute Gasteiger partial charge is 0.0547 e. The van der Waals surface area contributed by atoms with Crippen molar-refractivity contribution >= 4 is 60.4 Å². The zero-order valence-electron chi connectivity index (χ0n) is 28.5. The maximum Gasteiger partial charge on any atom is 0.0547 e. The van der Waals surface area contributed by atoms with Gasteiger partial charge in [-0.2, -0.15) is 0 Å². The molecule has 0 spiro atoms. The van der Waals surface area contributed by atoms with Crippen molar-refractivity contribution in [3.8, 4) is 27.9 Å². The van der Waals surface area contributed by atoms with Crippen molar-refractivity contribution in [3.05, 3.63) is 206 Å². The Morgan fingerprint density at radius 2 is 0.885 bits per heavy atom. The first-order valence-corrected chi connectivity index (χ1v) is 17.8. The molecule has 0 fully saturated rings. The van der Waals surface area contributed by atoms with Gasteiger partial charge in [0, 0.05) is 33.5 Å². The molecule has 52 heavy (non-hydrogen) atoms. The normalized spacial score (nSPS) is 11.5. The predicted octanol–water partition coefficient (Wildman–Crippen LogP) is 13.9. The summed E-state index contributed by atoms with van der Waals surface area (Å²) < 4.78 is 2.42. The van der Waals surface area contributed by atoms with Crippen LogP contribution in [-0.4, -0.2) is 4.57 Å². The number of hydrogen-bond donors (Lipinski definition) is 0. The van der Waals surface area contributed by atoms with Gasteiger partial charge in [-0.3, -0.25) is 0 Å². The van der Waals surface area contributed by atoms with Crippen molar-refractivity contribution in [2.45, 2.75) is 0 Å². The van der Waals surface area contributed by atoms with Crippen molar-refractivity contribution < 1.29 is 0 Å². The molecule has 0 bridgehead atoms. The number of anilines is 3. The van der Waals surface area contributed by atoms with E-state index in [9.17, 15) is 0 Å². The average molecular weight is 663 g/mol. The van der Waals surface area contributed by atoms with Crippen LogP contribution in [0.2, 0.25) is 0 Å². The van der Waals surface area contributed by atoms with Gasteiger partial charge in [-0.15, -0.1) is 0 Å². The van der Waals surface area contributed by atoms with E-state index in [1.807, 2.05) is 0 Å². The zero-order chi connectivity index (χ0) is 34.4. The van der Waals surface area contributed by atoms with E-state index in [2.05, 4.69) is 216 Å². The molecule has 9 aromatic carbocycles. The number of para-hydroxylation sites is 1. The third-order valence-corrected chi connectivity index (χ3v) is 10.3. The number of nitrogens with zero attached hydrogens (tertiary/aromatic N) is 2. The lowest BCUT2D eigenvalue weighted by molar-refractivity contribution is 1.19. The zero-order valence-corrected chi connectivity index (χ0v) is 28.5. The van der Waals surface area contributed by atoms with Gasteiger partial charge in [-0.25, -0.2) is 0 Å². The van der Waals surface area contributed by atoms with Crippen molar-refractivity contribution in [2.75, 3.05) is 4.90 Å². The lowest BCUT2D eigenvalue weighted by atomic mass is 10.0. The minimum Gasteiger partial charge on any atom is -0.310 e. The highest BCUT2D eigenvalue weighted by molar-refractivity contribution is 6.21. The van der Waals surface area contributed by atoms with Gasteiger partial charge < -0.3 is 9.47 Å². The van der Waals surface area contributed by atoms with Crippen LogP contribution in [0.3, 0.4) is 0 Å². The standard InChI is InChI=1S/C50H34N2/c1-3-12-35(13-4-1)37-22-27-42(28-23-37)51(43-18-11-17-39(32-43)36-14-5-2-6-15-36)44-29-24-41-34-45(30-25-40(41)33-44)52-48-21-10-9-20-47(48)50-46-19-8-7-16-38(46)26-31-49(50)52/h1-34H. The summed E-state index contributed by atoms with van der Waals surface area (Å²) in [6, 6.07) is 74.6. The van der Waals surface area contributed by atoms with Crippen molar-refractivity contribution in [1.82, 2.24) is 4.57 Å². The lowest BCUT2D eigenvalue weighted by Crippen LogP contribution is -2.10. The molecule has 0 saturated heterocycles. The van der Waals surface area contributed by atoms with Gasteiger partial charge in [-0.1, -0.05) is 146 Å². The summed E-state index contributed by atoms with van der Waals surface area (Å²) in [5, 5.41) is 7.52. The molecule has 244 valence electrons. The maximum atomic E-state index is 2.42. The van der Waals surface area contributed by atoms with E-state index in [1.54, 1.807) is 0 Å². The van der Waals surface area contributed by atoms with Crippen LogP contribution in [0.25, 0.3) is 71.3 Å². The molecule has 1 aromatic heterocycles. The maximum absolute atomic E-state index is 2.42. The summed E-state index contributed by atoms with van der Waals surface area (Å²) in [4.78, 5) is 2.37. The summed E-state index contributed by atoms with van der Waals surface area (Å²) in [5.41, 5.74) is 11.7. The lowest BCUT2D eigenvalue weighted by Gasteiger charge is -2.26. The molecule has 0 saturated carbocycles. The second kappa shape index (κ2) is 12.5. The van der Waals surface area contributed by atoms with Gasteiger partial charge in [-0.05, 0) is 104 Å². The molecule has 0 N–H and O–H groups in total. The van der Waals surface area contributed by atoms with Crippen LogP contribution in [0.1, 0.15) is 0 Å². The van der Waals surface area contributed by atoms with Crippen LogP contribution in [0.15, 0.2) is 206 Å². The highest BCUT2D eigenvalue weighted by Crippen LogP contribution is 2.40. The van der Waals surface area contributed by atoms with E-state index in [1.165, 1.54) is 65.6 Å². The summed E-state index contributed by atoms with van der Waals surface area (Å²) in [6.07, 6.45) is 0. The summed E-state index contributed by atoms with van der Waals surface area (Å²) >= 11 is 0. The molecule has 10 rings (SSSR count). The van der Waals surface area contributed by atoms with Crippen LogP contribution >= 0.6 is 0 Å². The van der Waals surface area contributed by atoms with Gasteiger partial charge in [0.25, 0.3) is 0 Å². The molecule has 0 aliphatic heterocycles. The van der Waals surface area contributed by atoms with E-state index >= 15 is 0 Å². The first-order chi connectivity index (χ1) is 25.8. The topological polar surface area (TPSA) is 8.17 Å². The Hall–Kier alpha value is -6.90. The first kappa shape index (κ1) is 30.0. The molecular weight excluding hydrogens is 629 g/mol. The fourth-order valence-corrected chi connectivity index (χ4v) is 7.85. The van der Waals surface area contributed by atoms with Crippen molar-refractivity contribution in [1.29, 1.82) is 0 Å². The summed E-state index contributed by atoms with van der Waals surface area (Å²) in [5.74, 6) is 0. The SMILES string of the molecule is c1ccc(-c2ccc(N(c3cccc(-c4ccccc4)c3)c3ccc4cc(-n5c6ccccc6c6c7ccccc7ccc65)ccc4c3)cc2)cc1. The number of rotatable bonds is 6. The van der Waals surface area contributed by atoms with Crippen LogP contribution < -0.4 is 4.90 Å². The Labute approximate surface area is 303 Å². The largest absolute Gasteiger partial charge is 0.310 e. The highest BCUT2D eigenvalue weighted by Gasteiger charge is 2.17. The van der Waals surface area contributed by atoms with Gasteiger partial charge in [0.2, 0.25) is 0 Å². The van der Waals surface area contributed by atoms with Gasteiger partial charge >= 0.3 is 0 Å². The molecule has 0 atom stereocenters. The molecule has 0 radical (unpaired) electrons. The second-order valence-electron chi connectivity index (χ2n) is 13.4. The highest BCUT2D eigenvalue weighted by atomic mass is 15.1. The van der Waals surface area contributed by atoms with Crippen molar-refractivity contribution in [3.63, 3.8) is 0 Å². The minimum atomic E-state index is 1.11. The molecule has 2 nitrogen and oxygen atoms in total. The minimum absolute atomic E-state index is 1.11. The molecule has 0 unspecified atom stereocenters. The average Bonchev–Trinajstić information content (AvgIpc) is 3.57. The van der Waals surface area contributed by atoms with Crippen LogP contribution in [0.5, 0.6) is 0 Å². The Balaban J connectivity index is 1.10. The Morgan fingerprint density at radius 1 is 0.308 bits per heavy atom. The van der Waals surface area contributed by atoms with Crippen LogP contribution in [0.4, 0.5) is 17.1 Å². The van der Waals surface area contributed by atoms with E-state index in [-0.39, 0.29) is 0 Å². The molecule has 2 heteroatoms. The summed E-state index contributed by atoms with van der Waals surface area (Å²) in [6.45, 7) is 0. The Morgan fingerprint density at radius 3 is 1.69 bits per heavy atom. The number of aromatic nitrogens is 1. The molecule has 10 aromatic rings. The quantitative estimate of drug-likeness (QED) is 0.172. The fraction of sp³-hybridized carbons (Fsp3) is 0. The van der Waals surface area contributed by atoms with E-state index in [0.717, 1.165) is 22.7 Å². The Bertz CT molecular complexity index is 2890. The molecular formula is C50H34N2. The van der Waals surface area contributed by atoms with E-state index < -0.39 is 0 Å². The van der Waals surface area contributed by atoms with Gasteiger partial charge in [0.05, 0.1) is 11.0 Å². The van der Waals surface area contributed by atoms with Crippen LogP contribution in [-0.2, 0) is 0 Å². The third-order valence-electron chi connectivity index (χ3n) is 10.3. The molecule has 0 aliphatic carbocycles. The number of hydrogen-bond acceptors (Lipinski definition) is 1. The predicted molar refractivity (Wildman–Crippen MR) is 221 cm³/mol. The number of fused-ring (bicyclic) bond motifs is 6. The molecule has 1 heterocycles. The second-order valence-corrected chi connectivity index (χ2v) is 13.4. The van der Waals surface area contributed by atoms with E-state index in [0.29, 0.717) is 0 Å². The molecule has 0 amide bonds. The van der Waals surface area contributed by atoms with Crippen LogP contribution in [0, 0.1) is 0 Å². The number of benzene rings is 9. The van der Waals surface area contributed by atoms with E-state index in [4.69, 9.17) is 0 Å². The van der Waals surface area contributed by atoms with Crippen molar-refractivity contribution in [2.24, 2.45) is 0 Å². The first-order valence-electron chi connectivity index (χ1n) is 17.8. The Kier molecular flexibility index (Phi) is 7.18. The monoisotopic (exact) mass is 662 g/mol. The fourth-order valence-electron chi connectivity index (χ4n) is 7.85. The van der Waals surface area contributed by atoms with Gasteiger partial charge in [0.1, 0.15) is 0 Å².